The van der Waals surface area contributed by atoms with Crippen LogP contribution in [0.25, 0.3) is 0 Å². The first-order valence-corrected chi connectivity index (χ1v) is 7.69. The van der Waals surface area contributed by atoms with E-state index in [0.717, 1.165) is 4.34 Å². The molecule has 0 spiro atoms. The Balaban J connectivity index is 1.89. The minimum absolute atomic E-state index is 0.162. The fourth-order valence-electron chi connectivity index (χ4n) is 2.30. The zero-order chi connectivity index (χ0) is 13.0. The van der Waals surface area contributed by atoms with E-state index in [1.54, 1.807) is 11.3 Å². The summed E-state index contributed by atoms with van der Waals surface area (Å²) in [6.07, 6.45) is 6.22. The lowest BCUT2D eigenvalue weighted by Gasteiger charge is -2.19. The SMILES string of the molecule is CC(NC(N)=NC1CCCCC1)c1ccc(Cl)s1. The maximum Gasteiger partial charge on any atom is 0.189 e. The van der Waals surface area contributed by atoms with Crippen LogP contribution in [0.15, 0.2) is 17.1 Å². The van der Waals surface area contributed by atoms with Gasteiger partial charge in [0.2, 0.25) is 0 Å². The molecule has 5 heteroatoms. The zero-order valence-corrected chi connectivity index (χ0v) is 12.2. The molecule has 1 saturated carbocycles. The maximum absolute atomic E-state index is 5.96. The van der Waals surface area contributed by atoms with Gasteiger partial charge < -0.3 is 11.1 Å². The summed E-state index contributed by atoms with van der Waals surface area (Å²) in [4.78, 5) is 5.75. The van der Waals surface area contributed by atoms with Crippen molar-refractivity contribution in [2.75, 3.05) is 0 Å². The second kappa shape index (κ2) is 6.43. The molecule has 3 nitrogen and oxygen atoms in total. The molecule has 1 aliphatic carbocycles. The molecule has 3 N–H and O–H groups in total. The van der Waals surface area contributed by atoms with Crippen LogP contribution in [-0.4, -0.2) is 12.0 Å². The Morgan fingerprint density at radius 1 is 1.44 bits per heavy atom. The number of halogens is 1. The van der Waals surface area contributed by atoms with E-state index in [1.165, 1.54) is 37.0 Å². The molecule has 0 saturated heterocycles. The Hall–Kier alpha value is -0.740. The average Bonchev–Trinajstić information content (AvgIpc) is 2.77. The molecule has 0 amide bonds. The number of rotatable bonds is 3. The van der Waals surface area contributed by atoms with Gasteiger partial charge in [0.1, 0.15) is 0 Å². The van der Waals surface area contributed by atoms with Gasteiger partial charge in [-0.15, -0.1) is 11.3 Å². The number of thiophene rings is 1. The summed E-state index contributed by atoms with van der Waals surface area (Å²) in [5.41, 5.74) is 5.96. The second-order valence-corrected chi connectivity index (χ2v) is 6.56. The topological polar surface area (TPSA) is 50.4 Å². The van der Waals surface area contributed by atoms with Crippen molar-refractivity contribution in [3.63, 3.8) is 0 Å². The van der Waals surface area contributed by atoms with Gasteiger partial charge in [0, 0.05) is 4.88 Å². The van der Waals surface area contributed by atoms with E-state index in [0.29, 0.717) is 12.0 Å². The third-order valence-corrected chi connectivity index (χ3v) is 4.70. The van der Waals surface area contributed by atoms with Gasteiger partial charge in [-0.3, -0.25) is 4.99 Å². The molecule has 1 unspecified atom stereocenters. The van der Waals surface area contributed by atoms with Gasteiger partial charge in [-0.2, -0.15) is 0 Å². The lowest BCUT2D eigenvalue weighted by atomic mass is 9.96. The normalized spacial score (nSPS) is 19.8. The van der Waals surface area contributed by atoms with Crippen molar-refractivity contribution < 1.29 is 0 Å². The molecule has 1 aliphatic rings. The molecule has 0 aliphatic heterocycles. The van der Waals surface area contributed by atoms with E-state index < -0.39 is 0 Å². The molecule has 1 aromatic heterocycles. The van der Waals surface area contributed by atoms with Crippen molar-refractivity contribution >= 4 is 28.9 Å². The minimum Gasteiger partial charge on any atom is -0.370 e. The van der Waals surface area contributed by atoms with E-state index in [2.05, 4.69) is 17.2 Å². The van der Waals surface area contributed by atoms with E-state index in [-0.39, 0.29) is 6.04 Å². The van der Waals surface area contributed by atoms with Crippen molar-refractivity contribution in [1.82, 2.24) is 5.32 Å². The highest BCUT2D eigenvalue weighted by Crippen LogP contribution is 2.26. The van der Waals surface area contributed by atoms with Gasteiger partial charge in [0.15, 0.2) is 5.96 Å². The highest BCUT2D eigenvalue weighted by Gasteiger charge is 2.14. The third-order valence-electron chi connectivity index (χ3n) is 3.28. The van der Waals surface area contributed by atoms with Gasteiger partial charge in [0.25, 0.3) is 0 Å². The van der Waals surface area contributed by atoms with Crippen molar-refractivity contribution in [1.29, 1.82) is 0 Å². The Labute approximate surface area is 117 Å². The number of nitrogens with two attached hydrogens (primary N) is 1. The van der Waals surface area contributed by atoms with Crippen LogP contribution in [-0.2, 0) is 0 Å². The largest absolute Gasteiger partial charge is 0.370 e. The molecule has 1 aromatic rings. The molecule has 18 heavy (non-hydrogen) atoms. The monoisotopic (exact) mass is 285 g/mol. The van der Waals surface area contributed by atoms with Crippen LogP contribution >= 0.6 is 22.9 Å². The van der Waals surface area contributed by atoms with Gasteiger partial charge in [-0.25, -0.2) is 0 Å². The summed E-state index contributed by atoms with van der Waals surface area (Å²) in [5, 5.41) is 3.24. The highest BCUT2D eigenvalue weighted by molar-refractivity contribution is 7.16. The first-order valence-electron chi connectivity index (χ1n) is 6.50. The Morgan fingerprint density at radius 2 is 2.17 bits per heavy atom. The summed E-state index contributed by atoms with van der Waals surface area (Å²) in [5.74, 6) is 0.555. The van der Waals surface area contributed by atoms with Gasteiger partial charge in [-0.05, 0) is 31.9 Å². The summed E-state index contributed by atoms with van der Waals surface area (Å²) in [7, 11) is 0. The van der Waals surface area contributed by atoms with Crippen LogP contribution in [0.5, 0.6) is 0 Å². The molecule has 1 heterocycles. The summed E-state index contributed by atoms with van der Waals surface area (Å²) >= 11 is 7.50. The van der Waals surface area contributed by atoms with E-state index in [4.69, 9.17) is 17.3 Å². The predicted octanol–water partition coefficient (Wildman–Crippen LogP) is 3.70. The number of nitrogens with zero attached hydrogens (tertiary/aromatic N) is 1. The molecular formula is C13H20ClN3S. The average molecular weight is 286 g/mol. The number of hydrogen-bond acceptors (Lipinski definition) is 2. The lowest BCUT2D eigenvalue weighted by molar-refractivity contribution is 0.441. The summed E-state index contributed by atoms with van der Waals surface area (Å²) in [6.45, 7) is 2.07. The molecule has 2 rings (SSSR count). The second-order valence-electron chi connectivity index (χ2n) is 4.81. The Bertz CT molecular complexity index is 410. The summed E-state index contributed by atoms with van der Waals surface area (Å²) in [6, 6.07) is 4.51. The van der Waals surface area contributed by atoms with Crippen molar-refractivity contribution in [3.8, 4) is 0 Å². The minimum atomic E-state index is 0.162. The lowest BCUT2D eigenvalue weighted by Crippen LogP contribution is -2.35. The number of guanidine groups is 1. The molecule has 1 fully saturated rings. The smallest absolute Gasteiger partial charge is 0.189 e. The fourth-order valence-corrected chi connectivity index (χ4v) is 3.36. The zero-order valence-electron chi connectivity index (χ0n) is 10.7. The van der Waals surface area contributed by atoms with Crippen LogP contribution < -0.4 is 11.1 Å². The molecule has 0 aromatic carbocycles. The molecule has 1 atom stereocenters. The first kappa shape index (κ1) is 13.7. The first-order chi connectivity index (χ1) is 8.65. The van der Waals surface area contributed by atoms with Crippen LogP contribution in [0, 0.1) is 0 Å². The number of nitrogens with one attached hydrogen (secondary N) is 1. The fraction of sp³-hybridized carbons (Fsp3) is 0.615. The van der Waals surface area contributed by atoms with Crippen LogP contribution in [0.2, 0.25) is 4.34 Å². The number of aliphatic imine (C=N–C) groups is 1. The molecule has 0 radical (unpaired) electrons. The van der Waals surface area contributed by atoms with Crippen molar-refractivity contribution in [2.24, 2.45) is 10.7 Å². The van der Waals surface area contributed by atoms with Crippen molar-refractivity contribution in [3.05, 3.63) is 21.3 Å². The standard InChI is InChI=1S/C13H20ClN3S/c1-9(11-7-8-12(14)18-11)16-13(15)17-10-5-3-2-4-6-10/h7-10H,2-6H2,1H3,(H3,15,16,17). The summed E-state index contributed by atoms with van der Waals surface area (Å²) < 4.78 is 0.807. The third kappa shape index (κ3) is 3.89. The van der Waals surface area contributed by atoms with Crippen LogP contribution in [0.1, 0.15) is 49.9 Å². The maximum atomic E-state index is 5.96. The van der Waals surface area contributed by atoms with Crippen LogP contribution in [0.3, 0.4) is 0 Å². The Morgan fingerprint density at radius 3 is 2.78 bits per heavy atom. The van der Waals surface area contributed by atoms with E-state index in [1.807, 2.05) is 12.1 Å². The van der Waals surface area contributed by atoms with Crippen LogP contribution in [0.4, 0.5) is 0 Å². The molecular weight excluding hydrogens is 266 g/mol. The highest BCUT2D eigenvalue weighted by atomic mass is 35.5. The Kier molecular flexibility index (Phi) is 4.89. The van der Waals surface area contributed by atoms with Crippen molar-refractivity contribution in [2.45, 2.75) is 51.1 Å². The van der Waals surface area contributed by atoms with Gasteiger partial charge in [0.05, 0.1) is 16.4 Å². The molecule has 0 bridgehead atoms. The van der Waals surface area contributed by atoms with E-state index >= 15 is 0 Å². The predicted molar refractivity (Wildman–Crippen MR) is 79.4 cm³/mol. The molecule has 100 valence electrons. The quantitative estimate of drug-likeness (QED) is 0.657. The van der Waals surface area contributed by atoms with Gasteiger partial charge in [-0.1, -0.05) is 30.9 Å². The van der Waals surface area contributed by atoms with Gasteiger partial charge >= 0.3 is 0 Å². The van der Waals surface area contributed by atoms with E-state index in [9.17, 15) is 0 Å². The number of hydrogen-bond donors (Lipinski definition) is 2.